The van der Waals surface area contributed by atoms with Gasteiger partial charge in [-0.15, -0.1) is 11.3 Å². The summed E-state index contributed by atoms with van der Waals surface area (Å²) in [6.07, 6.45) is 1.30. The van der Waals surface area contributed by atoms with Gasteiger partial charge in [0.05, 0.1) is 21.9 Å². The summed E-state index contributed by atoms with van der Waals surface area (Å²) in [5, 5.41) is 4.97. The zero-order valence-corrected chi connectivity index (χ0v) is 19.1. The van der Waals surface area contributed by atoms with Crippen molar-refractivity contribution in [2.45, 2.75) is 44.0 Å². The number of benzene rings is 1. The molecule has 1 aliphatic rings. The largest absolute Gasteiger partial charge is 0.440 e. The van der Waals surface area contributed by atoms with Crippen LogP contribution in [-0.4, -0.2) is 42.7 Å². The number of hydrogen-bond acceptors (Lipinski definition) is 6. The number of rotatable bonds is 6. The summed E-state index contributed by atoms with van der Waals surface area (Å²) in [6, 6.07) is 10.7. The number of carbonyl (C=O) groups is 1. The van der Waals surface area contributed by atoms with Crippen LogP contribution in [0.5, 0.6) is 0 Å². The van der Waals surface area contributed by atoms with Crippen LogP contribution in [0.1, 0.15) is 29.9 Å². The number of nitrogens with zero attached hydrogens (tertiary/aromatic N) is 2. The van der Waals surface area contributed by atoms with Gasteiger partial charge in [0, 0.05) is 19.1 Å². The number of thiophene rings is 1. The number of nitrogens with one attached hydrogen (secondary N) is 1. The van der Waals surface area contributed by atoms with Crippen LogP contribution in [-0.2, 0) is 21.2 Å². The third kappa shape index (κ3) is 4.89. The number of aromatic nitrogens is 1. The van der Waals surface area contributed by atoms with E-state index in [0.29, 0.717) is 48.2 Å². The molecule has 31 heavy (non-hydrogen) atoms. The lowest BCUT2D eigenvalue weighted by atomic mass is 10.1. The van der Waals surface area contributed by atoms with Gasteiger partial charge in [0.15, 0.2) is 0 Å². The first-order chi connectivity index (χ1) is 14.8. The minimum atomic E-state index is -3.50. The number of amides is 1. The number of hydrogen-bond donors (Lipinski definition) is 1. The van der Waals surface area contributed by atoms with Crippen molar-refractivity contribution in [1.82, 2.24) is 14.6 Å². The topological polar surface area (TPSA) is 92.5 Å². The monoisotopic (exact) mass is 459 g/mol. The molecule has 1 aliphatic heterocycles. The van der Waals surface area contributed by atoms with Crippen LogP contribution >= 0.6 is 11.3 Å². The first kappa shape index (κ1) is 21.7. The average molecular weight is 460 g/mol. The molecule has 164 valence electrons. The maximum absolute atomic E-state index is 12.8. The molecule has 0 aliphatic carbocycles. The number of aryl methyl sites for hydroxylation is 2. The van der Waals surface area contributed by atoms with Crippen molar-refractivity contribution in [1.29, 1.82) is 0 Å². The van der Waals surface area contributed by atoms with E-state index in [1.807, 2.05) is 24.4 Å². The van der Waals surface area contributed by atoms with Gasteiger partial charge < -0.3 is 9.73 Å². The molecule has 1 aromatic carbocycles. The van der Waals surface area contributed by atoms with Gasteiger partial charge >= 0.3 is 0 Å². The number of carbonyl (C=O) groups excluding carboxylic acids is 1. The highest BCUT2D eigenvalue weighted by atomic mass is 32.2. The number of oxazole rings is 1. The van der Waals surface area contributed by atoms with E-state index in [1.165, 1.54) is 15.6 Å². The second-order valence-electron chi connectivity index (χ2n) is 7.73. The van der Waals surface area contributed by atoms with E-state index < -0.39 is 10.0 Å². The van der Waals surface area contributed by atoms with Gasteiger partial charge in [-0.3, -0.25) is 4.79 Å². The summed E-state index contributed by atoms with van der Waals surface area (Å²) in [7, 11) is -3.50. The van der Waals surface area contributed by atoms with E-state index in [2.05, 4.69) is 10.3 Å². The molecule has 1 saturated heterocycles. The third-order valence-electron chi connectivity index (χ3n) is 5.43. The lowest BCUT2D eigenvalue weighted by molar-refractivity contribution is -0.121. The van der Waals surface area contributed by atoms with Crippen LogP contribution in [0.2, 0.25) is 0 Å². The first-order valence-electron chi connectivity index (χ1n) is 10.2. The SMILES string of the molecule is Cc1ccc(S(=O)(=O)N2CCC(NC(=O)Cc3nc(-c4cccs4)oc3C)CC2)cc1. The Hall–Kier alpha value is -2.49. The summed E-state index contributed by atoms with van der Waals surface area (Å²) >= 11 is 1.54. The standard InChI is InChI=1S/C22H25N3O4S2/c1-15-5-7-18(8-6-15)31(27,28)25-11-9-17(10-12-25)23-21(26)14-19-16(2)29-22(24-19)20-4-3-13-30-20/h3-8,13,17H,9-12,14H2,1-2H3,(H,23,26). The highest BCUT2D eigenvalue weighted by Gasteiger charge is 2.30. The second kappa shape index (κ2) is 8.94. The van der Waals surface area contributed by atoms with Crippen molar-refractivity contribution in [2.75, 3.05) is 13.1 Å². The van der Waals surface area contributed by atoms with Crippen molar-refractivity contribution in [3.05, 3.63) is 58.8 Å². The fraction of sp³-hybridized carbons (Fsp3) is 0.364. The highest BCUT2D eigenvalue weighted by Crippen LogP contribution is 2.26. The van der Waals surface area contributed by atoms with E-state index >= 15 is 0 Å². The van der Waals surface area contributed by atoms with Crippen molar-refractivity contribution < 1.29 is 17.6 Å². The first-order valence-corrected chi connectivity index (χ1v) is 12.5. The molecule has 0 saturated carbocycles. The molecule has 9 heteroatoms. The molecule has 0 atom stereocenters. The lowest BCUT2D eigenvalue weighted by Gasteiger charge is -2.31. The molecule has 1 amide bonds. The molecular weight excluding hydrogens is 434 g/mol. The molecule has 1 fully saturated rings. The van der Waals surface area contributed by atoms with Gasteiger partial charge in [-0.2, -0.15) is 4.31 Å². The third-order valence-corrected chi connectivity index (χ3v) is 8.20. The van der Waals surface area contributed by atoms with Crippen molar-refractivity contribution in [2.24, 2.45) is 0 Å². The van der Waals surface area contributed by atoms with Crippen molar-refractivity contribution in [3.63, 3.8) is 0 Å². The maximum atomic E-state index is 12.8. The van der Waals surface area contributed by atoms with Crippen LogP contribution in [0, 0.1) is 13.8 Å². The molecule has 0 radical (unpaired) electrons. The molecule has 4 rings (SSSR count). The quantitative estimate of drug-likeness (QED) is 0.609. The van der Waals surface area contributed by atoms with Crippen LogP contribution in [0.25, 0.3) is 10.8 Å². The minimum Gasteiger partial charge on any atom is -0.440 e. The summed E-state index contributed by atoms with van der Waals surface area (Å²) < 4.78 is 32.8. The van der Waals surface area contributed by atoms with Gasteiger partial charge in [-0.25, -0.2) is 13.4 Å². The molecule has 0 unspecified atom stereocenters. The second-order valence-corrected chi connectivity index (χ2v) is 10.6. The number of sulfonamides is 1. The van der Waals surface area contributed by atoms with E-state index in [-0.39, 0.29) is 18.4 Å². The lowest BCUT2D eigenvalue weighted by Crippen LogP contribution is -2.46. The van der Waals surface area contributed by atoms with Crippen molar-refractivity contribution >= 4 is 27.3 Å². The molecule has 7 nitrogen and oxygen atoms in total. The van der Waals surface area contributed by atoms with Crippen LogP contribution in [0.3, 0.4) is 0 Å². The molecule has 0 spiro atoms. The summed E-state index contributed by atoms with van der Waals surface area (Å²) in [6.45, 7) is 4.49. The number of piperidine rings is 1. The van der Waals surface area contributed by atoms with Gasteiger partial charge in [0.1, 0.15) is 5.76 Å². The van der Waals surface area contributed by atoms with Gasteiger partial charge in [-0.05, 0) is 50.3 Å². The Balaban J connectivity index is 1.32. The predicted octanol–water partition coefficient (Wildman–Crippen LogP) is 3.53. The molecule has 0 bridgehead atoms. The molecular formula is C22H25N3O4S2. The summed E-state index contributed by atoms with van der Waals surface area (Å²) in [4.78, 5) is 18.2. The smallest absolute Gasteiger partial charge is 0.243 e. The van der Waals surface area contributed by atoms with E-state index in [4.69, 9.17) is 4.42 Å². The maximum Gasteiger partial charge on any atom is 0.243 e. The normalized spacial score (nSPS) is 15.8. The van der Waals surface area contributed by atoms with Gasteiger partial charge in [-0.1, -0.05) is 23.8 Å². The molecule has 3 heterocycles. The van der Waals surface area contributed by atoms with E-state index in [9.17, 15) is 13.2 Å². The molecule has 3 aromatic rings. The Morgan fingerprint density at radius 3 is 2.55 bits per heavy atom. The Kier molecular flexibility index (Phi) is 6.27. The summed E-state index contributed by atoms with van der Waals surface area (Å²) in [5.74, 6) is 1.04. The van der Waals surface area contributed by atoms with E-state index in [0.717, 1.165) is 10.4 Å². The van der Waals surface area contributed by atoms with Crippen molar-refractivity contribution in [3.8, 4) is 10.8 Å². The van der Waals surface area contributed by atoms with Gasteiger partial charge in [0.25, 0.3) is 0 Å². The predicted molar refractivity (Wildman–Crippen MR) is 119 cm³/mol. The Morgan fingerprint density at radius 1 is 1.19 bits per heavy atom. The zero-order valence-electron chi connectivity index (χ0n) is 17.5. The molecule has 1 N–H and O–H groups in total. The Labute approximate surface area is 186 Å². The summed E-state index contributed by atoms with van der Waals surface area (Å²) in [5.41, 5.74) is 1.64. The molecule has 2 aromatic heterocycles. The zero-order chi connectivity index (χ0) is 22.0. The van der Waals surface area contributed by atoms with E-state index in [1.54, 1.807) is 31.2 Å². The highest BCUT2D eigenvalue weighted by molar-refractivity contribution is 7.89. The fourth-order valence-electron chi connectivity index (χ4n) is 3.63. The van der Waals surface area contributed by atoms with Gasteiger partial charge in [0.2, 0.25) is 21.8 Å². The minimum absolute atomic E-state index is 0.0547. The van der Waals surface area contributed by atoms with Crippen LogP contribution < -0.4 is 5.32 Å². The van der Waals surface area contributed by atoms with Crippen LogP contribution in [0.4, 0.5) is 0 Å². The Morgan fingerprint density at radius 2 is 1.90 bits per heavy atom. The fourth-order valence-corrected chi connectivity index (χ4v) is 5.75. The van der Waals surface area contributed by atoms with Crippen LogP contribution in [0.15, 0.2) is 51.1 Å². The average Bonchev–Trinajstić information content (AvgIpc) is 3.39. The Bertz CT molecular complexity index is 1140.